The molecule has 1 aliphatic heterocycles. The molecule has 2 atom stereocenters. The highest BCUT2D eigenvalue weighted by molar-refractivity contribution is 4.97. The third-order valence-electron chi connectivity index (χ3n) is 4.37. The highest BCUT2D eigenvalue weighted by Gasteiger charge is 2.46. The van der Waals surface area contributed by atoms with Gasteiger partial charge in [-0.25, -0.2) is 0 Å². The van der Waals surface area contributed by atoms with Crippen molar-refractivity contribution in [1.82, 2.24) is 0 Å². The van der Waals surface area contributed by atoms with Crippen LogP contribution >= 0.6 is 0 Å². The molecular weight excluding hydrogens is 200 g/mol. The standard InChI is InChI=1S/C14H26O2/c1-11-8-13(2,3)10-14(15,9-11)12-4-6-16-7-5-12/h11-12,15H,4-10H2,1-3H3. The van der Waals surface area contributed by atoms with Crippen LogP contribution in [0.2, 0.25) is 0 Å². The Kier molecular flexibility index (Phi) is 3.33. The predicted octanol–water partition coefficient (Wildman–Crippen LogP) is 2.99. The molecule has 94 valence electrons. The molecule has 0 spiro atoms. The summed E-state index contributed by atoms with van der Waals surface area (Å²) in [5.74, 6) is 1.11. The Morgan fingerprint density at radius 2 is 1.75 bits per heavy atom. The SMILES string of the molecule is CC1CC(C)(C)CC(O)(C2CCOCC2)C1. The Morgan fingerprint density at radius 3 is 2.31 bits per heavy atom. The maximum atomic E-state index is 10.9. The average Bonchev–Trinajstić information content (AvgIpc) is 2.15. The van der Waals surface area contributed by atoms with Crippen molar-refractivity contribution in [1.29, 1.82) is 0 Å². The van der Waals surface area contributed by atoms with Crippen molar-refractivity contribution in [3.63, 3.8) is 0 Å². The molecule has 1 heterocycles. The van der Waals surface area contributed by atoms with Crippen LogP contribution in [0.15, 0.2) is 0 Å². The average molecular weight is 226 g/mol. The van der Waals surface area contributed by atoms with Crippen LogP contribution in [0.1, 0.15) is 52.9 Å². The fraction of sp³-hybridized carbons (Fsp3) is 1.00. The Labute approximate surface area is 99.4 Å². The van der Waals surface area contributed by atoms with Gasteiger partial charge in [-0.1, -0.05) is 20.8 Å². The van der Waals surface area contributed by atoms with Gasteiger partial charge in [0.25, 0.3) is 0 Å². The largest absolute Gasteiger partial charge is 0.390 e. The molecule has 1 saturated heterocycles. The fourth-order valence-corrected chi connectivity index (χ4v) is 4.14. The second-order valence-electron chi connectivity index (χ2n) is 6.84. The molecular formula is C14H26O2. The summed E-state index contributed by atoms with van der Waals surface area (Å²) in [6.07, 6.45) is 5.28. The molecule has 1 saturated carbocycles. The lowest BCUT2D eigenvalue weighted by molar-refractivity contribution is -0.123. The van der Waals surface area contributed by atoms with E-state index in [0.717, 1.165) is 38.9 Å². The minimum absolute atomic E-state index is 0.296. The summed E-state index contributed by atoms with van der Waals surface area (Å²) < 4.78 is 5.40. The number of hydrogen-bond acceptors (Lipinski definition) is 2. The van der Waals surface area contributed by atoms with Gasteiger partial charge in [-0.15, -0.1) is 0 Å². The van der Waals surface area contributed by atoms with Crippen LogP contribution < -0.4 is 0 Å². The molecule has 1 aliphatic carbocycles. The van der Waals surface area contributed by atoms with Crippen LogP contribution in [-0.2, 0) is 4.74 Å². The molecule has 0 aromatic carbocycles. The van der Waals surface area contributed by atoms with Crippen LogP contribution in [0, 0.1) is 17.3 Å². The first-order valence-electron chi connectivity index (χ1n) is 6.71. The number of hydrogen-bond donors (Lipinski definition) is 1. The zero-order chi connectivity index (χ0) is 11.8. The van der Waals surface area contributed by atoms with Gasteiger partial charge in [0.1, 0.15) is 0 Å². The zero-order valence-electron chi connectivity index (χ0n) is 11.0. The van der Waals surface area contributed by atoms with E-state index in [2.05, 4.69) is 20.8 Å². The maximum absolute atomic E-state index is 10.9. The van der Waals surface area contributed by atoms with Crippen molar-refractivity contribution in [3.8, 4) is 0 Å². The first-order chi connectivity index (χ1) is 7.41. The molecule has 0 radical (unpaired) electrons. The third kappa shape index (κ3) is 2.60. The van der Waals surface area contributed by atoms with Gasteiger partial charge >= 0.3 is 0 Å². The normalized spacial score (nSPS) is 40.9. The van der Waals surface area contributed by atoms with Crippen molar-refractivity contribution in [2.45, 2.75) is 58.5 Å². The molecule has 2 fully saturated rings. The van der Waals surface area contributed by atoms with Gasteiger partial charge in [0.05, 0.1) is 5.60 Å². The van der Waals surface area contributed by atoms with Crippen molar-refractivity contribution in [2.24, 2.45) is 17.3 Å². The van der Waals surface area contributed by atoms with Crippen molar-refractivity contribution in [3.05, 3.63) is 0 Å². The zero-order valence-corrected chi connectivity index (χ0v) is 11.0. The molecule has 1 N–H and O–H groups in total. The first kappa shape index (κ1) is 12.4. The fourth-order valence-electron chi connectivity index (χ4n) is 4.14. The second-order valence-corrected chi connectivity index (χ2v) is 6.84. The topological polar surface area (TPSA) is 29.5 Å². The Morgan fingerprint density at radius 1 is 1.12 bits per heavy atom. The summed E-state index contributed by atoms with van der Waals surface area (Å²) in [7, 11) is 0. The van der Waals surface area contributed by atoms with Crippen LogP contribution in [0.3, 0.4) is 0 Å². The lowest BCUT2D eigenvalue weighted by Gasteiger charge is -2.49. The van der Waals surface area contributed by atoms with Crippen molar-refractivity contribution < 1.29 is 9.84 Å². The lowest BCUT2D eigenvalue weighted by atomic mass is 9.61. The smallest absolute Gasteiger partial charge is 0.0685 e. The second kappa shape index (κ2) is 4.30. The molecule has 2 nitrogen and oxygen atoms in total. The van der Waals surface area contributed by atoms with E-state index >= 15 is 0 Å². The molecule has 16 heavy (non-hydrogen) atoms. The van der Waals surface area contributed by atoms with Gasteiger partial charge in [0.2, 0.25) is 0 Å². The van der Waals surface area contributed by atoms with Crippen molar-refractivity contribution >= 4 is 0 Å². The van der Waals surface area contributed by atoms with E-state index in [1.54, 1.807) is 0 Å². The van der Waals surface area contributed by atoms with Gasteiger partial charge in [0.15, 0.2) is 0 Å². The van der Waals surface area contributed by atoms with Gasteiger partial charge in [-0.2, -0.15) is 0 Å². The minimum Gasteiger partial charge on any atom is -0.390 e. The van der Waals surface area contributed by atoms with Gasteiger partial charge < -0.3 is 9.84 Å². The van der Waals surface area contributed by atoms with Crippen LogP contribution in [-0.4, -0.2) is 23.9 Å². The summed E-state index contributed by atoms with van der Waals surface area (Å²) in [5.41, 5.74) is -0.129. The van der Waals surface area contributed by atoms with Crippen LogP contribution in [0.5, 0.6) is 0 Å². The minimum atomic E-state index is -0.426. The van der Waals surface area contributed by atoms with Crippen molar-refractivity contribution in [2.75, 3.05) is 13.2 Å². The molecule has 2 rings (SSSR count). The monoisotopic (exact) mass is 226 g/mol. The molecule has 0 amide bonds. The number of ether oxygens (including phenoxy) is 1. The summed E-state index contributed by atoms with van der Waals surface area (Å²) in [5, 5.41) is 10.9. The van der Waals surface area contributed by atoms with Crippen LogP contribution in [0.4, 0.5) is 0 Å². The summed E-state index contributed by atoms with van der Waals surface area (Å²) >= 11 is 0. The van der Waals surface area contributed by atoms with Gasteiger partial charge in [0, 0.05) is 13.2 Å². The van der Waals surface area contributed by atoms with E-state index in [-0.39, 0.29) is 0 Å². The molecule has 2 unspecified atom stereocenters. The molecule has 0 aromatic rings. The highest BCUT2D eigenvalue weighted by Crippen LogP contribution is 2.48. The molecule has 0 bridgehead atoms. The van der Waals surface area contributed by atoms with E-state index < -0.39 is 5.60 Å². The lowest BCUT2D eigenvalue weighted by Crippen LogP contribution is -2.49. The Bertz CT molecular complexity index is 243. The summed E-state index contributed by atoms with van der Waals surface area (Å²) in [4.78, 5) is 0. The molecule has 2 heteroatoms. The first-order valence-corrected chi connectivity index (χ1v) is 6.71. The Hall–Kier alpha value is -0.0800. The summed E-state index contributed by atoms with van der Waals surface area (Å²) in [6.45, 7) is 8.55. The van der Waals surface area contributed by atoms with E-state index in [1.807, 2.05) is 0 Å². The maximum Gasteiger partial charge on any atom is 0.0685 e. The van der Waals surface area contributed by atoms with E-state index in [0.29, 0.717) is 17.3 Å². The van der Waals surface area contributed by atoms with E-state index in [1.165, 1.54) is 6.42 Å². The van der Waals surface area contributed by atoms with Gasteiger partial charge in [-0.05, 0) is 49.4 Å². The predicted molar refractivity (Wildman–Crippen MR) is 65.3 cm³/mol. The number of rotatable bonds is 1. The van der Waals surface area contributed by atoms with Gasteiger partial charge in [-0.3, -0.25) is 0 Å². The summed E-state index contributed by atoms with van der Waals surface area (Å²) in [6, 6.07) is 0. The highest BCUT2D eigenvalue weighted by atomic mass is 16.5. The van der Waals surface area contributed by atoms with E-state index in [4.69, 9.17) is 4.74 Å². The quantitative estimate of drug-likeness (QED) is 0.745. The molecule has 0 aromatic heterocycles. The Balaban J connectivity index is 2.09. The third-order valence-corrected chi connectivity index (χ3v) is 4.37. The van der Waals surface area contributed by atoms with E-state index in [9.17, 15) is 5.11 Å². The van der Waals surface area contributed by atoms with Crippen LogP contribution in [0.25, 0.3) is 0 Å². The molecule has 2 aliphatic rings. The number of aliphatic hydroxyl groups is 1.